The van der Waals surface area contributed by atoms with E-state index in [0.29, 0.717) is 28.7 Å². The van der Waals surface area contributed by atoms with Crippen molar-refractivity contribution in [1.82, 2.24) is 15.1 Å². The van der Waals surface area contributed by atoms with Crippen molar-refractivity contribution < 1.29 is 9.26 Å². The third kappa shape index (κ3) is 3.84. The van der Waals surface area contributed by atoms with Gasteiger partial charge in [-0.2, -0.15) is 10.2 Å². The molecule has 0 saturated carbocycles. The average Bonchev–Trinajstić information content (AvgIpc) is 3.05. The SMILES string of the molecule is Cc1nc(COc2ccc(/C=C(/C#N)c3ccccn3)cc2)no1. The smallest absolute Gasteiger partial charge is 0.223 e. The monoisotopic (exact) mass is 318 g/mol. The summed E-state index contributed by atoms with van der Waals surface area (Å²) in [6.45, 7) is 1.97. The molecular formula is C18H14N4O2. The van der Waals surface area contributed by atoms with E-state index in [1.165, 1.54) is 0 Å². The van der Waals surface area contributed by atoms with E-state index < -0.39 is 0 Å². The minimum Gasteiger partial charge on any atom is -0.485 e. The summed E-state index contributed by atoms with van der Waals surface area (Å²) in [6.07, 6.45) is 3.45. The lowest BCUT2D eigenvalue weighted by molar-refractivity contribution is 0.285. The highest BCUT2D eigenvalue weighted by Crippen LogP contribution is 2.18. The van der Waals surface area contributed by atoms with E-state index >= 15 is 0 Å². The fraction of sp³-hybridized carbons (Fsp3) is 0.111. The molecule has 2 aromatic heterocycles. The van der Waals surface area contributed by atoms with Crippen LogP contribution in [0.1, 0.15) is 23.0 Å². The molecule has 118 valence electrons. The molecule has 0 aliphatic carbocycles. The molecular weight excluding hydrogens is 304 g/mol. The predicted molar refractivity (Wildman–Crippen MR) is 87.5 cm³/mol. The summed E-state index contributed by atoms with van der Waals surface area (Å²) in [5, 5.41) is 13.1. The number of nitriles is 1. The van der Waals surface area contributed by atoms with Crippen LogP contribution in [0.15, 0.2) is 53.2 Å². The molecule has 24 heavy (non-hydrogen) atoms. The minimum absolute atomic E-state index is 0.240. The van der Waals surface area contributed by atoms with E-state index in [9.17, 15) is 5.26 Å². The summed E-state index contributed by atoms with van der Waals surface area (Å²) in [5.74, 6) is 1.69. The van der Waals surface area contributed by atoms with Gasteiger partial charge < -0.3 is 9.26 Å². The molecule has 0 spiro atoms. The lowest BCUT2D eigenvalue weighted by Crippen LogP contribution is -1.97. The van der Waals surface area contributed by atoms with Gasteiger partial charge in [0.1, 0.15) is 11.8 Å². The van der Waals surface area contributed by atoms with Crippen LogP contribution in [-0.4, -0.2) is 15.1 Å². The van der Waals surface area contributed by atoms with Gasteiger partial charge in [-0.25, -0.2) is 0 Å². The van der Waals surface area contributed by atoms with Crippen molar-refractivity contribution in [2.24, 2.45) is 0 Å². The summed E-state index contributed by atoms with van der Waals surface area (Å²) in [5.41, 5.74) is 2.04. The van der Waals surface area contributed by atoms with Crippen molar-refractivity contribution in [3.63, 3.8) is 0 Å². The highest BCUT2D eigenvalue weighted by Gasteiger charge is 2.04. The second-order valence-electron chi connectivity index (χ2n) is 4.97. The zero-order valence-corrected chi connectivity index (χ0v) is 13.0. The maximum atomic E-state index is 9.30. The number of nitrogens with zero attached hydrogens (tertiary/aromatic N) is 4. The fourth-order valence-corrected chi connectivity index (χ4v) is 2.06. The quantitative estimate of drug-likeness (QED) is 0.670. The number of aromatic nitrogens is 3. The van der Waals surface area contributed by atoms with Gasteiger partial charge in [0.05, 0.1) is 11.3 Å². The fourth-order valence-electron chi connectivity index (χ4n) is 2.06. The largest absolute Gasteiger partial charge is 0.485 e. The Kier molecular flexibility index (Phi) is 4.63. The highest BCUT2D eigenvalue weighted by molar-refractivity contribution is 5.88. The molecule has 6 heteroatoms. The normalized spacial score (nSPS) is 11.1. The van der Waals surface area contributed by atoms with Crippen LogP contribution in [0.5, 0.6) is 5.75 Å². The molecule has 3 rings (SSSR count). The van der Waals surface area contributed by atoms with E-state index in [2.05, 4.69) is 21.2 Å². The summed E-state index contributed by atoms with van der Waals surface area (Å²) >= 11 is 0. The summed E-state index contributed by atoms with van der Waals surface area (Å²) in [6, 6.07) is 15.0. The number of benzene rings is 1. The van der Waals surface area contributed by atoms with Crippen LogP contribution >= 0.6 is 0 Å². The van der Waals surface area contributed by atoms with E-state index in [0.717, 1.165) is 5.56 Å². The Bertz CT molecular complexity index is 877. The summed E-state index contributed by atoms with van der Waals surface area (Å²) in [7, 11) is 0. The summed E-state index contributed by atoms with van der Waals surface area (Å²) in [4.78, 5) is 8.26. The standard InChI is InChI=1S/C18H14N4O2/c1-13-21-18(22-24-13)12-23-16-7-5-14(6-8-16)10-15(11-19)17-4-2-3-9-20-17/h2-10H,12H2,1H3/b15-10-. The Hall–Kier alpha value is -3.46. The minimum atomic E-state index is 0.240. The maximum absolute atomic E-state index is 9.30. The van der Waals surface area contributed by atoms with Crippen molar-refractivity contribution in [2.45, 2.75) is 13.5 Å². The number of ether oxygens (including phenoxy) is 1. The first-order valence-corrected chi connectivity index (χ1v) is 7.30. The van der Waals surface area contributed by atoms with Gasteiger partial charge in [0.25, 0.3) is 0 Å². The molecule has 0 atom stereocenters. The van der Waals surface area contributed by atoms with Crippen molar-refractivity contribution in [2.75, 3.05) is 0 Å². The molecule has 0 fully saturated rings. The Morgan fingerprint density at radius 2 is 2.08 bits per heavy atom. The number of rotatable bonds is 5. The molecule has 0 saturated heterocycles. The van der Waals surface area contributed by atoms with Gasteiger partial charge in [-0.05, 0) is 35.9 Å². The predicted octanol–water partition coefficient (Wildman–Crippen LogP) is 3.42. The van der Waals surface area contributed by atoms with E-state index in [1.54, 1.807) is 25.3 Å². The third-order valence-electron chi connectivity index (χ3n) is 3.19. The third-order valence-corrected chi connectivity index (χ3v) is 3.19. The van der Waals surface area contributed by atoms with Gasteiger partial charge in [-0.1, -0.05) is 23.4 Å². The van der Waals surface area contributed by atoms with Gasteiger partial charge in [0.15, 0.2) is 6.61 Å². The molecule has 0 N–H and O–H groups in total. The first-order valence-electron chi connectivity index (χ1n) is 7.30. The van der Waals surface area contributed by atoms with E-state index in [1.807, 2.05) is 36.4 Å². The highest BCUT2D eigenvalue weighted by atomic mass is 16.5. The Morgan fingerprint density at radius 3 is 2.71 bits per heavy atom. The van der Waals surface area contributed by atoms with Crippen molar-refractivity contribution in [3.05, 3.63) is 71.6 Å². The van der Waals surface area contributed by atoms with Gasteiger partial charge in [-0.15, -0.1) is 0 Å². The second kappa shape index (κ2) is 7.20. The van der Waals surface area contributed by atoms with Gasteiger partial charge in [0.2, 0.25) is 11.7 Å². The molecule has 0 bridgehead atoms. The molecule has 0 unspecified atom stereocenters. The van der Waals surface area contributed by atoms with Crippen LogP contribution in [0, 0.1) is 18.3 Å². The van der Waals surface area contributed by atoms with Crippen LogP contribution in [0.2, 0.25) is 0 Å². The first kappa shape index (κ1) is 15.4. The Balaban J connectivity index is 1.70. The topological polar surface area (TPSA) is 84.8 Å². The lowest BCUT2D eigenvalue weighted by Gasteiger charge is -2.04. The number of aryl methyl sites for hydroxylation is 1. The molecule has 3 aromatic rings. The Morgan fingerprint density at radius 1 is 1.25 bits per heavy atom. The van der Waals surface area contributed by atoms with Crippen LogP contribution in [0.4, 0.5) is 0 Å². The molecule has 0 aliphatic heterocycles. The molecule has 0 amide bonds. The number of hydrogen-bond acceptors (Lipinski definition) is 6. The molecule has 6 nitrogen and oxygen atoms in total. The number of hydrogen-bond donors (Lipinski definition) is 0. The van der Waals surface area contributed by atoms with Crippen molar-refractivity contribution in [1.29, 1.82) is 5.26 Å². The van der Waals surface area contributed by atoms with Crippen molar-refractivity contribution in [3.8, 4) is 11.8 Å². The zero-order valence-electron chi connectivity index (χ0n) is 13.0. The van der Waals surface area contributed by atoms with Gasteiger partial charge >= 0.3 is 0 Å². The first-order chi connectivity index (χ1) is 11.7. The molecule has 2 heterocycles. The zero-order chi connectivity index (χ0) is 16.8. The molecule has 0 aliphatic rings. The van der Waals surface area contributed by atoms with Crippen molar-refractivity contribution >= 4 is 11.6 Å². The second-order valence-corrected chi connectivity index (χ2v) is 4.97. The molecule has 1 aromatic carbocycles. The van der Waals surface area contributed by atoms with Gasteiger partial charge in [-0.3, -0.25) is 4.98 Å². The van der Waals surface area contributed by atoms with E-state index in [4.69, 9.17) is 9.26 Å². The van der Waals surface area contributed by atoms with E-state index in [-0.39, 0.29) is 6.61 Å². The summed E-state index contributed by atoms with van der Waals surface area (Å²) < 4.78 is 10.5. The van der Waals surface area contributed by atoms with Crippen LogP contribution in [-0.2, 0) is 6.61 Å². The maximum Gasteiger partial charge on any atom is 0.223 e. The molecule has 0 radical (unpaired) electrons. The Labute approximate surface area is 139 Å². The van der Waals surface area contributed by atoms with Crippen LogP contribution < -0.4 is 4.74 Å². The average molecular weight is 318 g/mol. The van der Waals surface area contributed by atoms with Crippen LogP contribution in [0.25, 0.3) is 11.6 Å². The number of pyridine rings is 1. The number of allylic oxidation sites excluding steroid dienone is 1. The van der Waals surface area contributed by atoms with Gasteiger partial charge in [0, 0.05) is 13.1 Å². The lowest BCUT2D eigenvalue weighted by atomic mass is 10.1. The van der Waals surface area contributed by atoms with Crippen LogP contribution in [0.3, 0.4) is 0 Å².